The summed E-state index contributed by atoms with van der Waals surface area (Å²) >= 11 is 0. The second-order valence-corrected chi connectivity index (χ2v) is 4.82. The smallest absolute Gasteiger partial charge is 0.128 e. The number of hydrogen-bond acceptors (Lipinski definition) is 4. The lowest BCUT2D eigenvalue weighted by atomic mass is 10.0. The minimum absolute atomic E-state index is 0.306. The summed E-state index contributed by atoms with van der Waals surface area (Å²) in [5.41, 5.74) is 2.28. The number of methoxy groups -OCH3 is 2. The molecule has 1 heterocycles. The fourth-order valence-corrected chi connectivity index (χ4v) is 2.55. The Hall–Kier alpha value is -1.26. The first-order chi connectivity index (χ1) is 9.26. The van der Waals surface area contributed by atoms with Crippen molar-refractivity contribution in [3.63, 3.8) is 0 Å². The van der Waals surface area contributed by atoms with E-state index in [1.54, 1.807) is 14.2 Å². The quantitative estimate of drug-likeness (QED) is 0.883. The molecule has 1 aromatic rings. The van der Waals surface area contributed by atoms with Gasteiger partial charge in [0, 0.05) is 18.7 Å². The fraction of sp³-hybridized carbons (Fsp3) is 0.600. The maximum Gasteiger partial charge on any atom is 0.128 e. The van der Waals surface area contributed by atoms with E-state index in [1.165, 1.54) is 5.56 Å². The van der Waals surface area contributed by atoms with Gasteiger partial charge in [-0.15, -0.1) is 0 Å². The van der Waals surface area contributed by atoms with E-state index in [4.69, 9.17) is 14.2 Å². The summed E-state index contributed by atoms with van der Waals surface area (Å²) in [6, 6.07) is 4.09. The van der Waals surface area contributed by atoms with E-state index in [1.807, 2.05) is 13.0 Å². The Kier molecular flexibility index (Phi) is 5.05. The van der Waals surface area contributed by atoms with Crippen LogP contribution in [0.3, 0.4) is 0 Å². The molecular weight excluding hydrogens is 242 g/mol. The van der Waals surface area contributed by atoms with Gasteiger partial charge in [0.25, 0.3) is 0 Å². The van der Waals surface area contributed by atoms with Gasteiger partial charge in [-0.25, -0.2) is 0 Å². The second-order valence-electron chi connectivity index (χ2n) is 4.82. The number of aryl methyl sites for hydroxylation is 1. The van der Waals surface area contributed by atoms with Crippen LogP contribution in [0.25, 0.3) is 0 Å². The maximum atomic E-state index is 5.72. The van der Waals surface area contributed by atoms with Crippen molar-refractivity contribution in [2.45, 2.75) is 25.9 Å². The monoisotopic (exact) mass is 265 g/mol. The highest BCUT2D eigenvalue weighted by atomic mass is 16.5. The number of morpholine rings is 1. The van der Waals surface area contributed by atoms with Gasteiger partial charge in [0.1, 0.15) is 11.5 Å². The SMILES string of the molecule is COc1ccc(CCC2CNCCO2)c(OC)c1C. The van der Waals surface area contributed by atoms with Gasteiger partial charge in [-0.05, 0) is 31.4 Å². The van der Waals surface area contributed by atoms with E-state index in [-0.39, 0.29) is 0 Å². The molecule has 19 heavy (non-hydrogen) atoms. The van der Waals surface area contributed by atoms with E-state index in [2.05, 4.69) is 11.4 Å². The molecular formula is C15H23NO3. The number of rotatable bonds is 5. The summed E-state index contributed by atoms with van der Waals surface area (Å²) < 4.78 is 16.6. The van der Waals surface area contributed by atoms with Crippen LogP contribution in [0.2, 0.25) is 0 Å². The molecule has 1 aromatic carbocycles. The third kappa shape index (κ3) is 3.39. The van der Waals surface area contributed by atoms with Crippen LogP contribution < -0.4 is 14.8 Å². The van der Waals surface area contributed by atoms with Gasteiger partial charge < -0.3 is 19.5 Å². The van der Waals surface area contributed by atoms with E-state index in [0.717, 1.165) is 49.6 Å². The summed E-state index contributed by atoms with van der Waals surface area (Å²) in [6.07, 6.45) is 2.27. The zero-order valence-corrected chi connectivity index (χ0v) is 12.0. The van der Waals surface area contributed by atoms with Crippen molar-refractivity contribution in [2.24, 2.45) is 0 Å². The molecule has 0 aliphatic carbocycles. The van der Waals surface area contributed by atoms with Crippen LogP contribution in [0, 0.1) is 6.92 Å². The topological polar surface area (TPSA) is 39.7 Å². The zero-order valence-electron chi connectivity index (χ0n) is 12.0. The Morgan fingerprint density at radius 3 is 2.79 bits per heavy atom. The first kappa shape index (κ1) is 14.2. The van der Waals surface area contributed by atoms with Crippen molar-refractivity contribution in [3.8, 4) is 11.5 Å². The molecule has 1 N–H and O–H groups in total. The highest BCUT2D eigenvalue weighted by Gasteiger charge is 2.16. The lowest BCUT2D eigenvalue weighted by Crippen LogP contribution is -2.38. The van der Waals surface area contributed by atoms with E-state index in [9.17, 15) is 0 Å². The first-order valence-electron chi connectivity index (χ1n) is 6.79. The van der Waals surface area contributed by atoms with Crippen molar-refractivity contribution < 1.29 is 14.2 Å². The average Bonchev–Trinajstić information content (AvgIpc) is 2.46. The molecule has 1 aliphatic heterocycles. The maximum absolute atomic E-state index is 5.72. The second kappa shape index (κ2) is 6.78. The van der Waals surface area contributed by atoms with Crippen LogP contribution in [0.4, 0.5) is 0 Å². The lowest BCUT2D eigenvalue weighted by molar-refractivity contribution is 0.0237. The molecule has 4 heteroatoms. The minimum Gasteiger partial charge on any atom is -0.496 e. The standard InChI is InChI=1S/C15H23NO3/c1-11-14(17-2)7-5-12(15(11)18-3)4-6-13-10-16-8-9-19-13/h5,7,13,16H,4,6,8-10H2,1-3H3. The van der Waals surface area contributed by atoms with Crippen molar-refractivity contribution in [1.82, 2.24) is 5.32 Å². The molecule has 0 aromatic heterocycles. The molecule has 2 rings (SSSR count). The molecule has 0 radical (unpaired) electrons. The van der Waals surface area contributed by atoms with E-state index >= 15 is 0 Å². The van der Waals surface area contributed by atoms with Gasteiger partial charge in [0.05, 0.1) is 26.9 Å². The van der Waals surface area contributed by atoms with Gasteiger partial charge in [-0.1, -0.05) is 6.07 Å². The van der Waals surface area contributed by atoms with Gasteiger partial charge in [0.15, 0.2) is 0 Å². The van der Waals surface area contributed by atoms with Crippen LogP contribution in [0.1, 0.15) is 17.5 Å². The molecule has 106 valence electrons. The lowest BCUT2D eigenvalue weighted by Gasteiger charge is -2.24. The molecule has 4 nitrogen and oxygen atoms in total. The Morgan fingerprint density at radius 1 is 1.32 bits per heavy atom. The Balaban J connectivity index is 2.04. The van der Waals surface area contributed by atoms with Crippen molar-refractivity contribution in [3.05, 3.63) is 23.3 Å². The summed E-state index contributed by atoms with van der Waals surface area (Å²) in [4.78, 5) is 0. The highest BCUT2D eigenvalue weighted by Crippen LogP contribution is 2.32. The Morgan fingerprint density at radius 2 is 2.16 bits per heavy atom. The van der Waals surface area contributed by atoms with Crippen LogP contribution in [-0.4, -0.2) is 40.0 Å². The molecule has 0 bridgehead atoms. The van der Waals surface area contributed by atoms with Crippen molar-refractivity contribution >= 4 is 0 Å². The number of nitrogens with one attached hydrogen (secondary N) is 1. The normalized spacial score (nSPS) is 19.2. The van der Waals surface area contributed by atoms with Gasteiger partial charge in [-0.2, -0.15) is 0 Å². The third-order valence-corrected chi connectivity index (χ3v) is 3.60. The highest BCUT2D eigenvalue weighted by molar-refractivity contribution is 5.49. The molecule has 0 amide bonds. The minimum atomic E-state index is 0.306. The largest absolute Gasteiger partial charge is 0.496 e. The fourth-order valence-electron chi connectivity index (χ4n) is 2.55. The molecule has 1 unspecified atom stereocenters. The molecule has 1 atom stereocenters. The first-order valence-corrected chi connectivity index (χ1v) is 6.79. The third-order valence-electron chi connectivity index (χ3n) is 3.60. The molecule has 0 spiro atoms. The summed E-state index contributed by atoms with van der Waals surface area (Å²) in [5.74, 6) is 1.80. The van der Waals surface area contributed by atoms with Crippen LogP contribution >= 0.6 is 0 Å². The Labute approximate surface area is 115 Å². The molecule has 1 fully saturated rings. The number of benzene rings is 1. The summed E-state index contributed by atoms with van der Waals surface area (Å²) in [7, 11) is 3.40. The van der Waals surface area contributed by atoms with Crippen LogP contribution in [0.15, 0.2) is 12.1 Å². The predicted molar refractivity (Wildman–Crippen MR) is 75.2 cm³/mol. The van der Waals surface area contributed by atoms with E-state index in [0.29, 0.717) is 6.10 Å². The van der Waals surface area contributed by atoms with Gasteiger partial charge >= 0.3 is 0 Å². The predicted octanol–water partition coefficient (Wildman–Crippen LogP) is 1.93. The molecule has 0 saturated carbocycles. The van der Waals surface area contributed by atoms with Crippen LogP contribution in [0.5, 0.6) is 11.5 Å². The number of ether oxygens (including phenoxy) is 3. The van der Waals surface area contributed by atoms with Crippen molar-refractivity contribution in [1.29, 1.82) is 0 Å². The van der Waals surface area contributed by atoms with Gasteiger partial charge in [0.2, 0.25) is 0 Å². The summed E-state index contributed by atoms with van der Waals surface area (Å²) in [5, 5.41) is 3.35. The average molecular weight is 265 g/mol. The molecule has 1 saturated heterocycles. The van der Waals surface area contributed by atoms with E-state index < -0.39 is 0 Å². The zero-order chi connectivity index (χ0) is 13.7. The van der Waals surface area contributed by atoms with Gasteiger partial charge in [-0.3, -0.25) is 0 Å². The Bertz CT molecular complexity index is 414. The van der Waals surface area contributed by atoms with Crippen molar-refractivity contribution in [2.75, 3.05) is 33.9 Å². The summed E-state index contributed by atoms with van der Waals surface area (Å²) in [6.45, 7) is 4.74. The number of hydrogen-bond donors (Lipinski definition) is 1. The molecule has 1 aliphatic rings. The van der Waals surface area contributed by atoms with Crippen LogP contribution in [-0.2, 0) is 11.2 Å².